The third-order valence-corrected chi connectivity index (χ3v) is 4.69. The molecule has 4 heteroatoms. The minimum Gasteiger partial charge on any atom is -0.337 e. The molecule has 2 aliphatic heterocycles. The van der Waals surface area contributed by atoms with Crippen LogP contribution in [0.1, 0.15) is 29.6 Å². The number of hydrogen-bond acceptors (Lipinski definition) is 3. The van der Waals surface area contributed by atoms with Gasteiger partial charge >= 0.3 is 0 Å². The van der Waals surface area contributed by atoms with Crippen molar-refractivity contribution in [1.82, 2.24) is 15.2 Å². The zero-order chi connectivity index (χ0) is 14.2. The number of carbonyl (C=O) groups excluding carboxylic acids is 1. The van der Waals surface area contributed by atoms with Gasteiger partial charge in [-0.1, -0.05) is 18.2 Å². The quantitative estimate of drug-likeness (QED) is 0.871. The molecular formula is C17H19N3O. The second-order valence-electron chi connectivity index (χ2n) is 6.05. The number of aromatic nitrogens is 1. The Morgan fingerprint density at radius 1 is 1.14 bits per heavy atom. The molecule has 1 aromatic carbocycles. The number of hydrogen-bond donors (Lipinski definition) is 1. The molecule has 2 aliphatic rings. The van der Waals surface area contributed by atoms with E-state index < -0.39 is 0 Å². The molecule has 1 amide bonds. The molecule has 4 rings (SSSR count). The normalized spacial score (nSPS) is 25.0. The Morgan fingerprint density at radius 2 is 2.00 bits per heavy atom. The highest BCUT2D eigenvalue weighted by Crippen LogP contribution is 2.23. The van der Waals surface area contributed by atoms with Gasteiger partial charge in [-0.25, -0.2) is 0 Å². The lowest BCUT2D eigenvalue weighted by Gasteiger charge is -2.24. The minimum absolute atomic E-state index is 0.142. The number of pyridine rings is 1. The van der Waals surface area contributed by atoms with Crippen molar-refractivity contribution in [2.45, 2.75) is 31.3 Å². The Balaban J connectivity index is 1.67. The van der Waals surface area contributed by atoms with Crippen molar-refractivity contribution >= 4 is 16.8 Å². The first kappa shape index (κ1) is 12.8. The summed E-state index contributed by atoms with van der Waals surface area (Å²) >= 11 is 0. The molecule has 2 saturated heterocycles. The van der Waals surface area contributed by atoms with Gasteiger partial charge < -0.3 is 10.2 Å². The van der Waals surface area contributed by atoms with Gasteiger partial charge in [0.2, 0.25) is 0 Å². The fraction of sp³-hybridized carbons (Fsp3) is 0.412. The molecule has 2 fully saturated rings. The van der Waals surface area contributed by atoms with E-state index in [-0.39, 0.29) is 5.91 Å². The van der Waals surface area contributed by atoms with E-state index in [1.165, 1.54) is 12.8 Å². The van der Waals surface area contributed by atoms with Crippen molar-refractivity contribution in [3.8, 4) is 0 Å². The van der Waals surface area contributed by atoms with Crippen molar-refractivity contribution in [1.29, 1.82) is 0 Å². The Labute approximate surface area is 124 Å². The number of para-hydroxylation sites is 1. The Hall–Kier alpha value is -1.94. The highest BCUT2D eigenvalue weighted by molar-refractivity contribution is 6.06. The molecule has 0 radical (unpaired) electrons. The van der Waals surface area contributed by atoms with Crippen LogP contribution < -0.4 is 5.32 Å². The van der Waals surface area contributed by atoms with E-state index in [1.807, 2.05) is 35.2 Å². The van der Waals surface area contributed by atoms with Crippen LogP contribution in [0.25, 0.3) is 10.9 Å². The fourth-order valence-electron chi connectivity index (χ4n) is 3.58. The molecule has 2 unspecified atom stereocenters. The van der Waals surface area contributed by atoms with Gasteiger partial charge in [0.15, 0.2) is 0 Å². The Bertz CT molecular complexity index is 679. The van der Waals surface area contributed by atoms with Crippen LogP contribution in [-0.2, 0) is 0 Å². The van der Waals surface area contributed by atoms with Gasteiger partial charge in [0.1, 0.15) is 0 Å². The number of carbonyl (C=O) groups is 1. The third-order valence-electron chi connectivity index (χ3n) is 4.69. The summed E-state index contributed by atoms with van der Waals surface area (Å²) in [5, 5.41) is 4.57. The number of fused-ring (bicyclic) bond motifs is 3. The lowest BCUT2D eigenvalue weighted by molar-refractivity contribution is 0.0750. The summed E-state index contributed by atoms with van der Waals surface area (Å²) in [6.45, 7) is 1.68. The van der Waals surface area contributed by atoms with Gasteiger partial charge in [-0.15, -0.1) is 0 Å². The third kappa shape index (κ3) is 2.29. The van der Waals surface area contributed by atoms with Crippen LogP contribution in [0.3, 0.4) is 0 Å². The van der Waals surface area contributed by atoms with Crippen LogP contribution in [0.2, 0.25) is 0 Å². The van der Waals surface area contributed by atoms with Crippen molar-refractivity contribution in [3.05, 3.63) is 42.1 Å². The average molecular weight is 281 g/mol. The molecule has 2 aromatic rings. The average Bonchev–Trinajstić information content (AvgIpc) is 2.85. The maximum absolute atomic E-state index is 12.9. The van der Waals surface area contributed by atoms with E-state index in [0.717, 1.165) is 36.0 Å². The highest BCUT2D eigenvalue weighted by atomic mass is 16.2. The molecule has 2 bridgehead atoms. The molecule has 2 atom stereocenters. The molecule has 4 nitrogen and oxygen atoms in total. The number of benzene rings is 1. The summed E-state index contributed by atoms with van der Waals surface area (Å²) in [5.74, 6) is 0.142. The Morgan fingerprint density at radius 3 is 2.95 bits per heavy atom. The van der Waals surface area contributed by atoms with Gasteiger partial charge in [-0.3, -0.25) is 9.78 Å². The maximum atomic E-state index is 12.9. The molecule has 21 heavy (non-hydrogen) atoms. The molecule has 3 heterocycles. The number of likely N-dealkylation sites (tertiary alicyclic amines) is 1. The topological polar surface area (TPSA) is 45.2 Å². The zero-order valence-corrected chi connectivity index (χ0v) is 12.0. The van der Waals surface area contributed by atoms with Gasteiger partial charge in [-0.2, -0.15) is 0 Å². The summed E-state index contributed by atoms with van der Waals surface area (Å²) < 4.78 is 0. The van der Waals surface area contributed by atoms with Crippen molar-refractivity contribution in [2.75, 3.05) is 13.1 Å². The summed E-state index contributed by atoms with van der Waals surface area (Å²) in [7, 11) is 0. The summed E-state index contributed by atoms with van der Waals surface area (Å²) in [5.41, 5.74) is 1.66. The lowest BCUT2D eigenvalue weighted by atomic mass is 10.1. The Kier molecular flexibility index (Phi) is 3.11. The molecule has 0 spiro atoms. The highest BCUT2D eigenvalue weighted by Gasteiger charge is 2.31. The second-order valence-corrected chi connectivity index (χ2v) is 6.05. The van der Waals surface area contributed by atoms with Gasteiger partial charge in [0.05, 0.1) is 11.1 Å². The number of nitrogens with one attached hydrogen (secondary N) is 1. The van der Waals surface area contributed by atoms with E-state index in [9.17, 15) is 4.79 Å². The molecule has 1 N–H and O–H groups in total. The van der Waals surface area contributed by atoms with E-state index in [2.05, 4.69) is 10.3 Å². The van der Waals surface area contributed by atoms with Crippen molar-refractivity contribution in [2.24, 2.45) is 0 Å². The predicted molar refractivity (Wildman–Crippen MR) is 82.2 cm³/mol. The van der Waals surface area contributed by atoms with Crippen LogP contribution in [0.5, 0.6) is 0 Å². The minimum atomic E-state index is 0.142. The van der Waals surface area contributed by atoms with E-state index >= 15 is 0 Å². The monoisotopic (exact) mass is 281 g/mol. The summed E-state index contributed by atoms with van der Waals surface area (Å²) in [6.07, 6.45) is 5.24. The number of rotatable bonds is 1. The predicted octanol–water partition coefficient (Wildman–Crippen LogP) is 2.20. The summed E-state index contributed by atoms with van der Waals surface area (Å²) in [6, 6.07) is 10.8. The van der Waals surface area contributed by atoms with Gasteiger partial charge in [0.25, 0.3) is 5.91 Å². The van der Waals surface area contributed by atoms with Crippen LogP contribution in [0.4, 0.5) is 0 Å². The van der Waals surface area contributed by atoms with Crippen LogP contribution >= 0.6 is 0 Å². The molecule has 0 saturated carbocycles. The van der Waals surface area contributed by atoms with Crippen molar-refractivity contribution < 1.29 is 4.79 Å². The van der Waals surface area contributed by atoms with E-state index in [0.29, 0.717) is 12.1 Å². The largest absolute Gasteiger partial charge is 0.337 e. The summed E-state index contributed by atoms with van der Waals surface area (Å²) in [4.78, 5) is 19.3. The van der Waals surface area contributed by atoms with Crippen LogP contribution in [0.15, 0.2) is 36.5 Å². The van der Waals surface area contributed by atoms with Crippen LogP contribution in [-0.4, -0.2) is 41.0 Å². The van der Waals surface area contributed by atoms with Crippen LogP contribution in [0, 0.1) is 0 Å². The first-order valence-electron chi connectivity index (χ1n) is 7.70. The smallest absolute Gasteiger partial charge is 0.254 e. The molecule has 0 aliphatic carbocycles. The molecular weight excluding hydrogens is 262 g/mol. The van der Waals surface area contributed by atoms with E-state index in [1.54, 1.807) is 6.20 Å². The molecule has 1 aromatic heterocycles. The number of nitrogens with zero attached hydrogens (tertiary/aromatic N) is 2. The van der Waals surface area contributed by atoms with Gasteiger partial charge in [-0.05, 0) is 31.4 Å². The van der Waals surface area contributed by atoms with E-state index in [4.69, 9.17) is 0 Å². The maximum Gasteiger partial charge on any atom is 0.254 e. The second kappa shape index (κ2) is 5.11. The van der Waals surface area contributed by atoms with Crippen molar-refractivity contribution in [3.63, 3.8) is 0 Å². The fourth-order valence-corrected chi connectivity index (χ4v) is 3.58. The molecule has 108 valence electrons. The number of amides is 1. The first-order valence-corrected chi connectivity index (χ1v) is 7.70. The SMILES string of the molecule is O=C(c1ccnc2ccccc12)N1CCC2CCC(C1)N2. The van der Waals surface area contributed by atoms with Gasteiger partial charge in [0, 0.05) is 36.8 Å². The zero-order valence-electron chi connectivity index (χ0n) is 12.0. The first-order chi connectivity index (χ1) is 10.3. The lowest BCUT2D eigenvalue weighted by Crippen LogP contribution is -2.39. The standard InChI is InChI=1S/C17H19N3O/c21-17(20-10-8-12-5-6-13(11-20)19-12)15-7-9-18-16-4-2-1-3-14(15)16/h1-4,7,9,12-13,19H,5-6,8,10-11H2.